The average Bonchev–Trinajstić information content (AvgIpc) is 3.10. The van der Waals surface area contributed by atoms with Crippen LogP contribution in [0.3, 0.4) is 0 Å². The molecule has 0 aliphatic carbocycles. The lowest BCUT2D eigenvalue weighted by molar-refractivity contribution is 0.0383. The fourth-order valence-corrected chi connectivity index (χ4v) is 2.94. The normalized spacial score (nSPS) is 14.6. The Hall–Kier alpha value is -2.91. The van der Waals surface area contributed by atoms with Crippen LogP contribution in [0.15, 0.2) is 30.5 Å². The maximum absolute atomic E-state index is 12.3. The first-order valence-corrected chi connectivity index (χ1v) is 9.29. The van der Waals surface area contributed by atoms with E-state index in [1.165, 1.54) is 10.9 Å². The summed E-state index contributed by atoms with van der Waals surface area (Å²) in [5, 5.41) is 7.06. The fraction of sp³-hybridized carbons (Fsp3) is 0.421. The van der Waals surface area contributed by atoms with Gasteiger partial charge in [-0.05, 0) is 31.2 Å². The summed E-state index contributed by atoms with van der Waals surface area (Å²) in [5.74, 6) is -0.455. The van der Waals surface area contributed by atoms with Crippen LogP contribution < -0.4 is 11.1 Å². The van der Waals surface area contributed by atoms with E-state index in [2.05, 4.69) is 15.3 Å². The molecule has 1 saturated heterocycles. The highest BCUT2D eigenvalue weighted by molar-refractivity contribution is 5.95. The molecule has 3 rings (SSSR count). The molecule has 1 amide bonds. The Labute approximate surface area is 163 Å². The van der Waals surface area contributed by atoms with Gasteiger partial charge in [0, 0.05) is 31.7 Å². The zero-order chi connectivity index (χ0) is 19.9. The lowest BCUT2D eigenvalue weighted by atomic mass is 10.2. The van der Waals surface area contributed by atoms with Crippen molar-refractivity contribution in [2.45, 2.75) is 6.92 Å². The summed E-state index contributed by atoms with van der Waals surface area (Å²) in [7, 11) is 0. The van der Waals surface area contributed by atoms with Gasteiger partial charge in [-0.25, -0.2) is 9.48 Å². The Bertz CT molecular complexity index is 812. The molecule has 3 N–H and O–H groups in total. The van der Waals surface area contributed by atoms with Gasteiger partial charge in [-0.3, -0.25) is 9.69 Å². The highest BCUT2D eigenvalue weighted by Crippen LogP contribution is 2.18. The second-order valence-electron chi connectivity index (χ2n) is 6.33. The molecule has 1 aromatic heterocycles. The van der Waals surface area contributed by atoms with E-state index in [-0.39, 0.29) is 23.9 Å². The van der Waals surface area contributed by atoms with E-state index in [1.54, 1.807) is 31.2 Å². The SMILES string of the molecule is CCOC(=O)c1cnn(-c2ccc(C(=O)NCCN3CCOCC3)cc2)c1N. The fourth-order valence-electron chi connectivity index (χ4n) is 2.94. The predicted molar refractivity (Wildman–Crippen MR) is 104 cm³/mol. The zero-order valence-electron chi connectivity index (χ0n) is 15.9. The second-order valence-corrected chi connectivity index (χ2v) is 6.33. The van der Waals surface area contributed by atoms with Gasteiger partial charge in [-0.2, -0.15) is 5.10 Å². The number of nitrogen functional groups attached to an aromatic ring is 1. The maximum Gasteiger partial charge on any atom is 0.343 e. The third-order valence-corrected chi connectivity index (χ3v) is 4.49. The average molecular weight is 387 g/mol. The van der Waals surface area contributed by atoms with Gasteiger partial charge in [0.2, 0.25) is 0 Å². The molecule has 9 heteroatoms. The summed E-state index contributed by atoms with van der Waals surface area (Å²) in [6, 6.07) is 6.86. The number of benzene rings is 1. The van der Waals surface area contributed by atoms with Crippen molar-refractivity contribution < 1.29 is 19.1 Å². The standard InChI is InChI=1S/C19H25N5O4/c1-2-28-19(26)16-13-22-24(17(16)20)15-5-3-14(4-6-15)18(25)21-7-8-23-9-11-27-12-10-23/h3-6,13H,2,7-12,20H2,1H3,(H,21,25). The van der Waals surface area contributed by atoms with Gasteiger partial charge in [-0.1, -0.05) is 0 Å². The number of esters is 1. The Morgan fingerprint density at radius 2 is 1.96 bits per heavy atom. The van der Waals surface area contributed by atoms with Crippen molar-refractivity contribution in [1.29, 1.82) is 0 Å². The maximum atomic E-state index is 12.3. The number of morpholine rings is 1. The Balaban J connectivity index is 1.58. The minimum absolute atomic E-state index is 0.138. The van der Waals surface area contributed by atoms with Crippen LogP contribution in [0.25, 0.3) is 5.69 Å². The summed E-state index contributed by atoms with van der Waals surface area (Å²) < 4.78 is 11.7. The van der Waals surface area contributed by atoms with Crippen molar-refractivity contribution in [3.63, 3.8) is 0 Å². The lowest BCUT2D eigenvalue weighted by Gasteiger charge is -2.26. The molecule has 2 heterocycles. The van der Waals surface area contributed by atoms with Gasteiger partial charge in [0.15, 0.2) is 0 Å². The minimum atomic E-state index is -0.512. The van der Waals surface area contributed by atoms with Crippen LogP contribution in [0.2, 0.25) is 0 Å². The molecule has 1 aliphatic heterocycles. The molecule has 0 atom stereocenters. The summed E-state index contributed by atoms with van der Waals surface area (Å²) >= 11 is 0. The number of carbonyl (C=O) groups excluding carboxylic acids is 2. The van der Waals surface area contributed by atoms with Gasteiger partial charge >= 0.3 is 5.97 Å². The molecule has 150 valence electrons. The Morgan fingerprint density at radius 3 is 2.64 bits per heavy atom. The van der Waals surface area contributed by atoms with E-state index in [0.29, 0.717) is 17.8 Å². The smallest absolute Gasteiger partial charge is 0.343 e. The molecular weight excluding hydrogens is 362 g/mol. The quantitative estimate of drug-likeness (QED) is 0.673. The number of carbonyl (C=O) groups is 2. The largest absolute Gasteiger partial charge is 0.462 e. The molecule has 28 heavy (non-hydrogen) atoms. The third kappa shape index (κ3) is 4.68. The van der Waals surface area contributed by atoms with Crippen LogP contribution in [-0.4, -0.2) is 72.6 Å². The number of hydrogen-bond acceptors (Lipinski definition) is 7. The van der Waals surface area contributed by atoms with E-state index < -0.39 is 5.97 Å². The molecule has 1 fully saturated rings. The van der Waals surface area contributed by atoms with Gasteiger partial charge in [-0.15, -0.1) is 0 Å². The summed E-state index contributed by atoms with van der Waals surface area (Å²) in [6.07, 6.45) is 1.37. The van der Waals surface area contributed by atoms with Crippen LogP contribution in [-0.2, 0) is 9.47 Å². The molecule has 0 radical (unpaired) electrons. The van der Waals surface area contributed by atoms with Crippen molar-refractivity contribution in [3.8, 4) is 5.69 Å². The van der Waals surface area contributed by atoms with Crippen LogP contribution in [0.5, 0.6) is 0 Å². The van der Waals surface area contributed by atoms with Crippen molar-refractivity contribution in [2.75, 3.05) is 51.7 Å². The summed E-state index contributed by atoms with van der Waals surface area (Å²) in [6.45, 7) is 6.63. The first kappa shape index (κ1) is 19.8. The second kappa shape index (κ2) is 9.34. The van der Waals surface area contributed by atoms with Gasteiger partial charge < -0.3 is 20.5 Å². The van der Waals surface area contributed by atoms with E-state index in [4.69, 9.17) is 15.2 Å². The third-order valence-electron chi connectivity index (χ3n) is 4.49. The van der Waals surface area contributed by atoms with Gasteiger partial charge in [0.05, 0.1) is 31.7 Å². The summed E-state index contributed by atoms with van der Waals surface area (Å²) in [4.78, 5) is 26.4. The van der Waals surface area contributed by atoms with E-state index in [1.807, 2.05) is 0 Å². The molecular formula is C19H25N5O4. The topological polar surface area (TPSA) is 112 Å². The van der Waals surface area contributed by atoms with Crippen molar-refractivity contribution in [2.24, 2.45) is 0 Å². The van der Waals surface area contributed by atoms with E-state index in [9.17, 15) is 9.59 Å². The summed E-state index contributed by atoms with van der Waals surface area (Å²) in [5.41, 5.74) is 7.42. The molecule has 0 unspecified atom stereocenters. The lowest BCUT2D eigenvalue weighted by Crippen LogP contribution is -2.41. The van der Waals surface area contributed by atoms with Crippen molar-refractivity contribution in [1.82, 2.24) is 20.0 Å². The van der Waals surface area contributed by atoms with Crippen molar-refractivity contribution >= 4 is 17.7 Å². The number of nitrogens with one attached hydrogen (secondary N) is 1. The van der Waals surface area contributed by atoms with Crippen LogP contribution in [0, 0.1) is 0 Å². The highest BCUT2D eigenvalue weighted by Gasteiger charge is 2.17. The Kier molecular flexibility index (Phi) is 6.62. The molecule has 0 saturated carbocycles. The van der Waals surface area contributed by atoms with Crippen molar-refractivity contribution in [3.05, 3.63) is 41.6 Å². The molecule has 1 aromatic carbocycles. The number of ether oxygens (including phenoxy) is 2. The minimum Gasteiger partial charge on any atom is -0.462 e. The number of amides is 1. The number of anilines is 1. The van der Waals surface area contributed by atoms with Crippen LogP contribution in [0.1, 0.15) is 27.6 Å². The number of rotatable bonds is 7. The molecule has 1 aliphatic rings. The first-order valence-electron chi connectivity index (χ1n) is 9.29. The van der Waals surface area contributed by atoms with E-state index in [0.717, 1.165) is 32.8 Å². The van der Waals surface area contributed by atoms with Crippen LogP contribution in [0.4, 0.5) is 5.82 Å². The number of nitrogens with two attached hydrogens (primary N) is 1. The number of nitrogens with zero attached hydrogens (tertiary/aromatic N) is 3. The first-order chi connectivity index (χ1) is 13.6. The number of aromatic nitrogens is 2. The number of hydrogen-bond donors (Lipinski definition) is 2. The van der Waals surface area contributed by atoms with Gasteiger partial charge in [0.1, 0.15) is 11.4 Å². The Morgan fingerprint density at radius 1 is 1.25 bits per heavy atom. The molecule has 9 nitrogen and oxygen atoms in total. The highest BCUT2D eigenvalue weighted by atomic mass is 16.5. The zero-order valence-corrected chi connectivity index (χ0v) is 15.9. The predicted octanol–water partition coefficient (Wildman–Crippen LogP) is 0.693. The van der Waals surface area contributed by atoms with E-state index >= 15 is 0 Å². The molecule has 0 spiro atoms. The van der Waals surface area contributed by atoms with Crippen LogP contribution >= 0.6 is 0 Å². The van der Waals surface area contributed by atoms with Gasteiger partial charge in [0.25, 0.3) is 5.91 Å². The molecule has 2 aromatic rings. The monoisotopic (exact) mass is 387 g/mol. The molecule has 0 bridgehead atoms.